The van der Waals surface area contributed by atoms with E-state index in [2.05, 4.69) is 85.6 Å². The van der Waals surface area contributed by atoms with Gasteiger partial charge in [0.1, 0.15) is 5.78 Å². The van der Waals surface area contributed by atoms with Crippen molar-refractivity contribution in [1.82, 2.24) is 0 Å². The minimum absolute atomic E-state index is 0.0934. The first-order valence-electron chi connectivity index (χ1n) is 8.05. The lowest BCUT2D eigenvalue weighted by Gasteiger charge is -2.48. The Balaban J connectivity index is 2.42. The van der Waals surface area contributed by atoms with Gasteiger partial charge in [-0.05, 0) is 23.7 Å². The van der Waals surface area contributed by atoms with E-state index in [-0.39, 0.29) is 21.7 Å². The molecule has 0 heterocycles. The van der Waals surface area contributed by atoms with Crippen molar-refractivity contribution in [2.24, 2.45) is 21.7 Å². The summed E-state index contributed by atoms with van der Waals surface area (Å²) in [6.45, 7) is 13.3. The van der Waals surface area contributed by atoms with Gasteiger partial charge in [0.05, 0.1) is 0 Å². The molecule has 0 aromatic carbocycles. The van der Waals surface area contributed by atoms with Crippen LogP contribution in [-0.2, 0) is 4.79 Å². The van der Waals surface area contributed by atoms with Gasteiger partial charge in [0, 0.05) is 21.5 Å². The van der Waals surface area contributed by atoms with E-state index in [0.29, 0.717) is 5.78 Å². The fourth-order valence-corrected chi connectivity index (χ4v) is 6.05. The maximum atomic E-state index is 13.7. The Morgan fingerprint density at radius 2 is 1.18 bits per heavy atom. The fraction of sp³-hybridized carbons (Fsp3) is 0.737. The Morgan fingerprint density at radius 1 is 0.864 bits per heavy atom. The van der Waals surface area contributed by atoms with E-state index in [1.165, 1.54) is 11.1 Å². The van der Waals surface area contributed by atoms with E-state index in [1.54, 1.807) is 0 Å². The number of carbonyl (C=O) groups is 1. The summed E-state index contributed by atoms with van der Waals surface area (Å²) >= 11 is 7.19. The average molecular weight is 432 g/mol. The maximum Gasteiger partial charge on any atom is 0.146 e. The molecule has 3 heteroatoms. The normalized spacial score (nSPS) is 36.2. The minimum Gasteiger partial charge on any atom is -0.298 e. The quantitative estimate of drug-likeness (QED) is 0.389. The van der Waals surface area contributed by atoms with Gasteiger partial charge in [0.2, 0.25) is 0 Å². The zero-order valence-corrected chi connectivity index (χ0v) is 17.8. The summed E-state index contributed by atoms with van der Waals surface area (Å²) < 4.78 is 0. The molecule has 0 saturated carbocycles. The van der Waals surface area contributed by atoms with Crippen molar-refractivity contribution >= 4 is 37.6 Å². The number of hydrogen-bond donors (Lipinski definition) is 0. The Hall–Kier alpha value is 0.110. The number of alkyl halides is 2. The maximum absolute atomic E-state index is 13.7. The highest BCUT2D eigenvalue weighted by Crippen LogP contribution is 2.62. The average Bonchev–Trinajstić information content (AvgIpc) is 2.82. The molecule has 1 nitrogen and oxygen atoms in total. The van der Waals surface area contributed by atoms with Crippen molar-refractivity contribution < 1.29 is 4.79 Å². The number of rotatable bonds is 4. The molecule has 0 spiro atoms. The van der Waals surface area contributed by atoms with E-state index in [0.717, 1.165) is 23.5 Å². The van der Waals surface area contributed by atoms with E-state index in [9.17, 15) is 4.79 Å². The third kappa shape index (κ3) is 2.17. The van der Waals surface area contributed by atoms with Crippen molar-refractivity contribution in [1.29, 1.82) is 0 Å². The lowest BCUT2D eigenvalue weighted by molar-refractivity contribution is -0.146. The number of carbonyl (C=O) groups excluding carboxylic acids is 1. The van der Waals surface area contributed by atoms with Crippen LogP contribution in [0.1, 0.15) is 54.4 Å². The number of hydrogen-bond acceptors (Lipinski definition) is 1. The molecule has 0 fully saturated rings. The van der Waals surface area contributed by atoms with Crippen LogP contribution in [0, 0.1) is 21.7 Å². The largest absolute Gasteiger partial charge is 0.298 e. The van der Waals surface area contributed by atoms with Crippen molar-refractivity contribution in [3.63, 3.8) is 0 Å². The van der Waals surface area contributed by atoms with Crippen molar-refractivity contribution in [2.45, 2.75) is 54.4 Å². The van der Waals surface area contributed by atoms with E-state index in [1.807, 2.05) is 0 Å². The van der Waals surface area contributed by atoms with E-state index in [4.69, 9.17) is 0 Å². The van der Waals surface area contributed by atoms with Crippen LogP contribution in [0.15, 0.2) is 23.3 Å². The van der Waals surface area contributed by atoms with Gasteiger partial charge in [-0.3, -0.25) is 4.79 Å². The standard InChI is InChI=1S/C19H28Br2O/c1-16(2)13(11-20)7-9-18(16,5)15(22)19(6)10-8-14(12-21)17(19,3)4/h7-8H,9-12H2,1-6H3. The highest BCUT2D eigenvalue weighted by atomic mass is 79.9. The molecule has 2 atom stereocenters. The molecular formula is C19H28Br2O. The first kappa shape index (κ1) is 18.4. The second kappa shape index (κ2) is 5.58. The van der Waals surface area contributed by atoms with Crippen molar-refractivity contribution in [3.05, 3.63) is 23.3 Å². The first-order chi connectivity index (χ1) is 9.99. The summed E-state index contributed by atoms with van der Waals surface area (Å²) in [5.41, 5.74) is 1.89. The smallest absolute Gasteiger partial charge is 0.146 e. The molecule has 2 aliphatic rings. The van der Waals surface area contributed by atoms with Gasteiger partial charge < -0.3 is 0 Å². The second-order valence-corrected chi connectivity index (χ2v) is 9.50. The zero-order chi connectivity index (χ0) is 17.0. The van der Waals surface area contributed by atoms with Crippen LogP contribution in [-0.4, -0.2) is 16.4 Å². The summed E-state index contributed by atoms with van der Waals surface area (Å²) in [6.07, 6.45) is 6.26. The molecule has 2 rings (SSSR count). The third-order valence-corrected chi connectivity index (χ3v) is 8.38. The minimum atomic E-state index is -0.322. The van der Waals surface area contributed by atoms with Crippen molar-refractivity contribution in [3.8, 4) is 0 Å². The molecule has 0 aromatic heterocycles. The molecule has 124 valence electrons. The predicted molar refractivity (Wildman–Crippen MR) is 102 cm³/mol. The summed E-state index contributed by atoms with van der Waals surface area (Å²) in [7, 11) is 0. The second-order valence-electron chi connectivity index (χ2n) is 8.38. The summed E-state index contributed by atoms with van der Waals surface area (Å²) in [4.78, 5) is 13.7. The van der Waals surface area contributed by atoms with Gasteiger partial charge in [-0.1, -0.05) is 96.7 Å². The number of halogens is 2. The summed E-state index contributed by atoms with van der Waals surface area (Å²) in [5.74, 6) is 0.425. The lowest BCUT2D eigenvalue weighted by atomic mass is 9.53. The van der Waals surface area contributed by atoms with Gasteiger partial charge in [-0.25, -0.2) is 0 Å². The molecule has 0 bridgehead atoms. The molecule has 2 aliphatic carbocycles. The topological polar surface area (TPSA) is 17.1 Å². The van der Waals surface area contributed by atoms with Gasteiger partial charge in [-0.15, -0.1) is 0 Å². The van der Waals surface area contributed by atoms with Crippen LogP contribution in [0.5, 0.6) is 0 Å². The summed E-state index contributed by atoms with van der Waals surface area (Å²) in [6, 6.07) is 0. The molecular weight excluding hydrogens is 404 g/mol. The molecule has 0 amide bonds. The van der Waals surface area contributed by atoms with Crippen LogP contribution in [0.2, 0.25) is 0 Å². The van der Waals surface area contributed by atoms with Gasteiger partial charge in [0.25, 0.3) is 0 Å². The van der Waals surface area contributed by atoms with Crippen LogP contribution >= 0.6 is 31.9 Å². The molecule has 2 unspecified atom stereocenters. The Bertz CT molecular complexity index is 508. The number of ketones is 1. The predicted octanol–water partition coefficient (Wildman–Crippen LogP) is 6.07. The van der Waals surface area contributed by atoms with Crippen LogP contribution < -0.4 is 0 Å². The van der Waals surface area contributed by atoms with E-state index < -0.39 is 0 Å². The molecule has 0 N–H and O–H groups in total. The zero-order valence-electron chi connectivity index (χ0n) is 14.6. The Morgan fingerprint density at radius 3 is 1.41 bits per heavy atom. The van der Waals surface area contributed by atoms with Gasteiger partial charge in [-0.2, -0.15) is 0 Å². The van der Waals surface area contributed by atoms with Crippen LogP contribution in [0.4, 0.5) is 0 Å². The number of allylic oxidation sites excluding steroid dienone is 4. The molecule has 0 aromatic rings. The highest BCUT2D eigenvalue weighted by molar-refractivity contribution is 9.09. The van der Waals surface area contributed by atoms with Crippen LogP contribution in [0.3, 0.4) is 0 Å². The number of Topliss-reactive ketones (excluding diaryl/α,β-unsaturated/α-hetero) is 1. The highest BCUT2D eigenvalue weighted by Gasteiger charge is 2.61. The molecule has 0 saturated heterocycles. The Labute approximate surface area is 152 Å². The Kier molecular flexibility index (Phi) is 4.68. The molecule has 0 radical (unpaired) electrons. The first-order valence-corrected chi connectivity index (χ1v) is 10.3. The van der Waals surface area contributed by atoms with Crippen LogP contribution in [0.25, 0.3) is 0 Å². The molecule has 22 heavy (non-hydrogen) atoms. The lowest BCUT2D eigenvalue weighted by Crippen LogP contribution is -2.51. The van der Waals surface area contributed by atoms with E-state index >= 15 is 0 Å². The molecule has 0 aliphatic heterocycles. The van der Waals surface area contributed by atoms with Crippen molar-refractivity contribution in [2.75, 3.05) is 10.7 Å². The van der Waals surface area contributed by atoms with Gasteiger partial charge in [0.15, 0.2) is 0 Å². The third-order valence-electron chi connectivity index (χ3n) is 7.17. The summed E-state index contributed by atoms with van der Waals surface area (Å²) in [5, 5.41) is 1.71. The SMILES string of the molecule is CC1(C)C(CBr)=CCC1(C)C(=O)C1(C)CC=C(CBr)C1(C)C. The van der Waals surface area contributed by atoms with Gasteiger partial charge >= 0.3 is 0 Å². The monoisotopic (exact) mass is 430 g/mol. The fourth-order valence-electron chi connectivity index (χ4n) is 4.19.